The zero-order valence-electron chi connectivity index (χ0n) is 13.5. The molecule has 0 aliphatic carbocycles. The molecule has 0 bridgehead atoms. The quantitative estimate of drug-likeness (QED) is 0.589. The van der Waals surface area contributed by atoms with Crippen LogP contribution in [0.5, 0.6) is 0 Å². The second kappa shape index (κ2) is 6.25. The Balaban J connectivity index is 1.81. The predicted octanol–water partition coefficient (Wildman–Crippen LogP) is 2.67. The van der Waals surface area contributed by atoms with Gasteiger partial charge < -0.3 is 19.0 Å². The molecule has 130 valence electrons. The van der Waals surface area contributed by atoms with Crippen LogP contribution < -0.4 is 10.9 Å². The maximum absolute atomic E-state index is 12.6. The minimum Gasteiger partial charge on any atom is -0.464 e. The molecule has 0 amide bonds. The van der Waals surface area contributed by atoms with E-state index in [1.165, 1.54) is 0 Å². The van der Waals surface area contributed by atoms with E-state index < -0.39 is 23.1 Å². The van der Waals surface area contributed by atoms with Gasteiger partial charge in [-0.15, -0.1) is 0 Å². The van der Waals surface area contributed by atoms with Crippen molar-refractivity contribution in [2.45, 2.75) is 12.2 Å². The van der Waals surface area contributed by atoms with Gasteiger partial charge in [-0.3, -0.25) is 9.59 Å². The molecule has 2 N–H and O–H groups in total. The summed E-state index contributed by atoms with van der Waals surface area (Å²) in [5.41, 5.74) is -0.471. The molecule has 0 aliphatic rings. The molecule has 2 atom stereocenters. The van der Waals surface area contributed by atoms with Crippen LogP contribution in [0.2, 0.25) is 0 Å². The van der Waals surface area contributed by atoms with Crippen molar-refractivity contribution in [3.63, 3.8) is 0 Å². The van der Waals surface area contributed by atoms with E-state index in [0.717, 1.165) is 12.5 Å². The highest BCUT2D eigenvalue weighted by atomic mass is 16.3. The molecule has 0 fully saturated rings. The van der Waals surface area contributed by atoms with Crippen molar-refractivity contribution in [2.24, 2.45) is 0 Å². The highest BCUT2D eigenvalue weighted by Crippen LogP contribution is 2.27. The summed E-state index contributed by atoms with van der Waals surface area (Å²) in [4.78, 5) is 25.1. The van der Waals surface area contributed by atoms with Crippen LogP contribution in [0.4, 0.5) is 0 Å². The summed E-state index contributed by atoms with van der Waals surface area (Å²) in [5, 5.41) is 21.5. The fourth-order valence-electron chi connectivity index (χ4n) is 2.93. The maximum Gasteiger partial charge on any atom is 0.198 e. The van der Waals surface area contributed by atoms with Crippen LogP contribution in [0.3, 0.4) is 0 Å². The van der Waals surface area contributed by atoms with Gasteiger partial charge >= 0.3 is 0 Å². The predicted molar refractivity (Wildman–Crippen MR) is 94.9 cm³/mol. The lowest BCUT2D eigenvalue weighted by molar-refractivity contribution is 0.0143. The number of para-hydroxylation sites is 2. The zero-order chi connectivity index (χ0) is 18.3. The van der Waals surface area contributed by atoms with Gasteiger partial charge in [0.15, 0.2) is 10.9 Å². The second-order valence-corrected chi connectivity index (χ2v) is 5.92. The summed E-state index contributed by atoms with van der Waals surface area (Å²) in [5.74, 6) is 0. The van der Waals surface area contributed by atoms with E-state index in [9.17, 15) is 19.8 Å². The molecular weight excluding hydrogens is 336 g/mol. The number of hydrogen-bond acceptors (Lipinski definition) is 6. The first kappa shape index (κ1) is 16.3. The normalized spacial score (nSPS) is 13.8. The summed E-state index contributed by atoms with van der Waals surface area (Å²) in [6.45, 7) is 0. The largest absolute Gasteiger partial charge is 0.464 e. The van der Waals surface area contributed by atoms with E-state index in [-0.39, 0.29) is 21.9 Å². The SMILES string of the molecule is O=c1c(C(O)C(O)c2coc3ccccc3c2=O)coc2ccccc12. The Labute approximate surface area is 146 Å². The van der Waals surface area contributed by atoms with Crippen molar-refractivity contribution in [1.29, 1.82) is 0 Å². The lowest BCUT2D eigenvalue weighted by atomic mass is 9.98. The Kier molecular flexibility index (Phi) is 3.91. The van der Waals surface area contributed by atoms with E-state index in [1.807, 2.05) is 0 Å². The molecule has 0 aliphatic heterocycles. The molecule has 6 heteroatoms. The smallest absolute Gasteiger partial charge is 0.198 e. The van der Waals surface area contributed by atoms with Crippen LogP contribution in [-0.2, 0) is 0 Å². The Morgan fingerprint density at radius 3 is 1.46 bits per heavy atom. The van der Waals surface area contributed by atoms with Gasteiger partial charge in [0.2, 0.25) is 0 Å². The highest BCUT2D eigenvalue weighted by Gasteiger charge is 2.27. The average Bonchev–Trinajstić information content (AvgIpc) is 2.68. The minimum absolute atomic E-state index is 0.135. The molecule has 2 aromatic heterocycles. The van der Waals surface area contributed by atoms with Crippen LogP contribution in [0.1, 0.15) is 23.3 Å². The van der Waals surface area contributed by atoms with Crippen molar-refractivity contribution < 1.29 is 19.0 Å². The Morgan fingerprint density at radius 1 is 0.654 bits per heavy atom. The van der Waals surface area contributed by atoms with Crippen molar-refractivity contribution >= 4 is 21.9 Å². The molecule has 2 heterocycles. The van der Waals surface area contributed by atoms with Crippen LogP contribution in [0.25, 0.3) is 21.9 Å². The van der Waals surface area contributed by atoms with Gasteiger partial charge in [-0.2, -0.15) is 0 Å². The molecule has 2 unspecified atom stereocenters. The highest BCUT2D eigenvalue weighted by molar-refractivity contribution is 5.77. The third-order valence-corrected chi connectivity index (χ3v) is 4.35. The van der Waals surface area contributed by atoms with Gasteiger partial charge in [-0.25, -0.2) is 0 Å². The summed E-state index contributed by atoms with van der Waals surface area (Å²) >= 11 is 0. The summed E-state index contributed by atoms with van der Waals surface area (Å²) < 4.78 is 10.7. The molecule has 26 heavy (non-hydrogen) atoms. The first-order valence-electron chi connectivity index (χ1n) is 7.95. The lowest BCUT2D eigenvalue weighted by Crippen LogP contribution is -2.23. The summed E-state index contributed by atoms with van der Waals surface area (Å²) in [7, 11) is 0. The van der Waals surface area contributed by atoms with Crippen molar-refractivity contribution in [2.75, 3.05) is 0 Å². The van der Waals surface area contributed by atoms with Gasteiger partial charge in [-0.1, -0.05) is 24.3 Å². The van der Waals surface area contributed by atoms with Gasteiger partial charge in [-0.05, 0) is 24.3 Å². The monoisotopic (exact) mass is 350 g/mol. The Hall–Kier alpha value is -3.22. The fraction of sp³-hybridized carbons (Fsp3) is 0.100. The number of hydrogen-bond donors (Lipinski definition) is 2. The van der Waals surface area contributed by atoms with Crippen molar-refractivity contribution in [3.05, 3.63) is 92.6 Å². The topological polar surface area (TPSA) is 101 Å². The van der Waals surface area contributed by atoms with Gasteiger partial charge in [0.1, 0.15) is 35.9 Å². The second-order valence-electron chi connectivity index (χ2n) is 5.92. The first-order valence-corrected chi connectivity index (χ1v) is 7.95. The number of aliphatic hydroxyl groups excluding tert-OH is 2. The molecule has 0 saturated heterocycles. The number of aliphatic hydroxyl groups is 2. The van der Waals surface area contributed by atoms with Gasteiger partial charge in [0.25, 0.3) is 0 Å². The summed E-state index contributed by atoms with van der Waals surface area (Å²) in [6, 6.07) is 13.2. The third-order valence-electron chi connectivity index (χ3n) is 4.35. The van der Waals surface area contributed by atoms with E-state index in [0.29, 0.717) is 11.2 Å². The van der Waals surface area contributed by atoms with E-state index >= 15 is 0 Å². The maximum atomic E-state index is 12.6. The molecule has 0 spiro atoms. The zero-order valence-corrected chi connectivity index (χ0v) is 13.5. The molecule has 4 aromatic rings. The van der Waals surface area contributed by atoms with Crippen LogP contribution in [0.15, 0.2) is 79.5 Å². The molecular formula is C20H14O6. The van der Waals surface area contributed by atoms with Crippen LogP contribution >= 0.6 is 0 Å². The van der Waals surface area contributed by atoms with E-state index in [4.69, 9.17) is 8.83 Å². The van der Waals surface area contributed by atoms with Gasteiger partial charge in [0.05, 0.1) is 21.9 Å². The first-order chi connectivity index (χ1) is 12.6. The fourth-order valence-corrected chi connectivity index (χ4v) is 2.93. The minimum atomic E-state index is -1.64. The average molecular weight is 350 g/mol. The third kappa shape index (κ3) is 2.52. The summed E-state index contributed by atoms with van der Waals surface area (Å²) in [6.07, 6.45) is -1.08. The molecule has 4 rings (SSSR count). The molecule has 6 nitrogen and oxygen atoms in total. The lowest BCUT2D eigenvalue weighted by Gasteiger charge is -2.17. The molecule has 0 saturated carbocycles. The number of fused-ring (bicyclic) bond motifs is 2. The number of benzene rings is 2. The van der Waals surface area contributed by atoms with Crippen molar-refractivity contribution in [3.8, 4) is 0 Å². The van der Waals surface area contributed by atoms with Gasteiger partial charge in [0, 0.05) is 0 Å². The number of rotatable bonds is 3. The van der Waals surface area contributed by atoms with Crippen LogP contribution in [-0.4, -0.2) is 10.2 Å². The van der Waals surface area contributed by atoms with Crippen molar-refractivity contribution in [1.82, 2.24) is 0 Å². The molecule has 2 aromatic carbocycles. The Morgan fingerprint density at radius 2 is 1.04 bits per heavy atom. The molecule has 0 radical (unpaired) electrons. The standard InChI is InChI=1S/C20H14O6/c21-17-11-5-1-3-7-15(11)25-9-13(17)19(23)20(24)14-10-26-16-8-4-2-6-12(16)18(14)22/h1-10,19-20,23-24H. The van der Waals surface area contributed by atoms with Crippen LogP contribution in [0, 0.1) is 0 Å². The Bertz CT molecular complexity index is 1120. The van der Waals surface area contributed by atoms with E-state index in [1.54, 1.807) is 48.5 Å². The van der Waals surface area contributed by atoms with E-state index in [2.05, 4.69) is 0 Å².